The summed E-state index contributed by atoms with van der Waals surface area (Å²) in [4.78, 5) is 44.1. The van der Waals surface area contributed by atoms with Gasteiger partial charge in [0.05, 0.1) is 16.4 Å². The van der Waals surface area contributed by atoms with Crippen molar-refractivity contribution in [3.05, 3.63) is 88.0 Å². The molecule has 206 valence electrons. The molecule has 0 bridgehead atoms. The summed E-state index contributed by atoms with van der Waals surface area (Å²) in [5.74, 6) is 0.770. The summed E-state index contributed by atoms with van der Waals surface area (Å²) in [5, 5.41) is 5.85. The monoisotopic (exact) mass is 559 g/mol. The third kappa shape index (κ3) is 3.95. The van der Waals surface area contributed by atoms with E-state index in [9.17, 15) is 23.5 Å². The van der Waals surface area contributed by atoms with Gasteiger partial charge in [0.2, 0.25) is 11.8 Å². The molecule has 10 nitrogen and oxygen atoms in total. The SMILES string of the molecule is O=C(Cn1c(=O)n(C2CCS(O)(O)CC2)c2ccccc21)Nc1ccc2c(c1)CC1(C2)C(=O)Nc2ncccc21. The zero-order chi connectivity index (χ0) is 27.6. The molecule has 4 N–H and O–H groups in total. The summed E-state index contributed by atoms with van der Waals surface area (Å²) >= 11 is 0. The lowest BCUT2D eigenvalue weighted by Gasteiger charge is -2.39. The van der Waals surface area contributed by atoms with Crippen LogP contribution < -0.4 is 16.3 Å². The van der Waals surface area contributed by atoms with E-state index in [2.05, 4.69) is 15.6 Å². The number of benzene rings is 2. The minimum Gasteiger partial charge on any atom is -0.325 e. The highest BCUT2D eigenvalue weighted by atomic mass is 32.3. The minimum absolute atomic E-state index is 0.0539. The molecule has 3 aliphatic rings. The Morgan fingerprint density at radius 2 is 1.77 bits per heavy atom. The Kier molecular flexibility index (Phi) is 5.67. The molecule has 11 heteroatoms. The zero-order valence-electron chi connectivity index (χ0n) is 21.7. The number of pyridine rings is 1. The number of hydrogen-bond acceptors (Lipinski definition) is 6. The first kappa shape index (κ1) is 25.1. The lowest BCUT2D eigenvalue weighted by molar-refractivity contribution is -0.120. The Hall–Kier alpha value is -3.93. The maximum absolute atomic E-state index is 13.6. The molecule has 2 aromatic heterocycles. The van der Waals surface area contributed by atoms with Crippen molar-refractivity contribution >= 4 is 44.9 Å². The van der Waals surface area contributed by atoms with Crippen LogP contribution in [0.25, 0.3) is 11.0 Å². The second kappa shape index (κ2) is 9.05. The van der Waals surface area contributed by atoms with Gasteiger partial charge in [-0.25, -0.2) is 9.78 Å². The number of imidazole rings is 1. The quantitative estimate of drug-likeness (QED) is 0.299. The van der Waals surface area contributed by atoms with E-state index in [-0.39, 0.29) is 41.6 Å². The summed E-state index contributed by atoms with van der Waals surface area (Å²) in [7, 11) is -2.58. The van der Waals surface area contributed by atoms with E-state index in [4.69, 9.17) is 0 Å². The van der Waals surface area contributed by atoms with E-state index in [0.717, 1.165) is 22.2 Å². The molecule has 1 unspecified atom stereocenters. The van der Waals surface area contributed by atoms with Gasteiger partial charge in [0, 0.05) is 35.0 Å². The molecule has 1 atom stereocenters. The fourth-order valence-corrected chi connectivity index (χ4v) is 8.08. The maximum atomic E-state index is 13.6. The normalized spacial score (nSPS) is 22.2. The van der Waals surface area contributed by atoms with Gasteiger partial charge in [-0.05, 0) is 67.1 Å². The van der Waals surface area contributed by atoms with Crippen molar-refractivity contribution in [2.24, 2.45) is 0 Å². The average Bonchev–Trinajstić information content (AvgIpc) is 3.54. The van der Waals surface area contributed by atoms with Crippen LogP contribution in [0.2, 0.25) is 0 Å². The van der Waals surface area contributed by atoms with Crippen molar-refractivity contribution < 1.29 is 18.7 Å². The van der Waals surface area contributed by atoms with Crippen LogP contribution in [0.5, 0.6) is 0 Å². The highest BCUT2D eigenvalue weighted by Gasteiger charge is 2.51. The van der Waals surface area contributed by atoms with Crippen LogP contribution >= 0.6 is 10.6 Å². The number of aromatic nitrogens is 3. The van der Waals surface area contributed by atoms with Crippen molar-refractivity contribution in [2.75, 3.05) is 22.1 Å². The molecule has 2 aromatic carbocycles. The summed E-state index contributed by atoms with van der Waals surface area (Å²) in [6.07, 6.45) is 3.76. The Labute approximate surface area is 231 Å². The van der Waals surface area contributed by atoms with Crippen LogP contribution in [0, 0.1) is 0 Å². The van der Waals surface area contributed by atoms with Gasteiger partial charge in [0.15, 0.2) is 0 Å². The average molecular weight is 560 g/mol. The Balaban J connectivity index is 1.12. The van der Waals surface area contributed by atoms with E-state index in [1.165, 1.54) is 4.57 Å². The maximum Gasteiger partial charge on any atom is 0.329 e. The number of hydrogen-bond donors (Lipinski definition) is 4. The number of nitrogens with zero attached hydrogens (tertiary/aromatic N) is 3. The lowest BCUT2D eigenvalue weighted by atomic mass is 9.79. The summed E-state index contributed by atoms with van der Waals surface area (Å²) < 4.78 is 23.2. The first-order valence-electron chi connectivity index (χ1n) is 13.4. The van der Waals surface area contributed by atoms with Gasteiger partial charge in [-0.3, -0.25) is 27.8 Å². The fourth-order valence-electron chi connectivity index (χ4n) is 6.58. The van der Waals surface area contributed by atoms with Crippen molar-refractivity contribution in [3.8, 4) is 0 Å². The van der Waals surface area contributed by atoms with E-state index in [0.29, 0.717) is 42.7 Å². The van der Waals surface area contributed by atoms with Gasteiger partial charge >= 0.3 is 5.69 Å². The zero-order valence-corrected chi connectivity index (χ0v) is 22.5. The largest absolute Gasteiger partial charge is 0.329 e. The van der Waals surface area contributed by atoms with Crippen LogP contribution in [0.3, 0.4) is 0 Å². The summed E-state index contributed by atoms with van der Waals surface area (Å²) in [6, 6.07) is 16.7. The molecule has 0 radical (unpaired) electrons. The topological polar surface area (TPSA) is 138 Å². The van der Waals surface area contributed by atoms with Gasteiger partial charge in [0.25, 0.3) is 0 Å². The van der Waals surface area contributed by atoms with Gasteiger partial charge < -0.3 is 10.6 Å². The second-order valence-corrected chi connectivity index (χ2v) is 13.4. The predicted molar refractivity (Wildman–Crippen MR) is 154 cm³/mol. The number of carbonyl (C=O) groups is 2. The fraction of sp³-hybridized carbons (Fsp3) is 0.310. The van der Waals surface area contributed by atoms with Crippen LogP contribution in [0.4, 0.5) is 11.5 Å². The smallest absolute Gasteiger partial charge is 0.325 e. The molecular formula is C29H29N5O5S. The highest BCUT2D eigenvalue weighted by molar-refractivity contribution is 8.24. The first-order chi connectivity index (χ1) is 19.2. The van der Waals surface area contributed by atoms with Crippen LogP contribution in [-0.4, -0.2) is 46.5 Å². The predicted octanol–water partition coefficient (Wildman–Crippen LogP) is 3.91. The molecular weight excluding hydrogens is 530 g/mol. The molecule has 7 rings (SSSR count). The van der Waals surface area contributed by atoms with Gasteiger partial charge in [0.1, 0.15) is 12.4 Å². The molecule has 1 saturated heterocycles. The van der Waals surface area contributed by atoms with Crippen molar-refractivity contribution in [1.29, 1.82) is 0 Å². The number of rotatable bonds is 4. The standard InChI is InChI=1S/C29H29N5O5S/c35-25(17-33-23-5-1-2-6-24(23)34(28(33)37)21-9-12-40(38,39)13-10-21)31-20-8-7-18-15-29(16-19(18)14-20)22-4-3-11-30-26(22)32-27(29)36/h1-8,11,14,21,38-39H,9-10,12-13,15-17H2,(H,31,35)(H,30,32,36). The van der Waals surface area contributed by atoms with E-state index < -0.39 is 16.0 Å². The van der Waals surface area contributed by atoms with Crippen LogP contribution in [0.1, 0.15) is 35.6 Å². The Morgan fingerprint density at radius 1 is 1.02 bits per heavy atom. The third-order valence-corrected chi connectivity index (χ3v) is 10.3. The molecule has 4 aromatic rings. The number of amides is 2. The van der Waals surface area contributed by atoms with E-state index >= 15 is 0 Å². The summed E-state index contributed by atoms with van der Waals surface area (Å²) in [6.45, 7) is -0.156. The Bertz CT molecular complexity index is 1750. The van der Waals surface area contributed by atoms with Crippen molar-refractivity contribution in [3.63, 3.8) is 0 Å². The van der Waals surface area contributed by atoms with Crippen LogP contribution in [0.15, 0.2) is 65.6 Å². The molecule has 4 heterocycles. The molecule has 1 spiro atoms. The first-order valence-corrected chi connectivity index (χ1v) is 15.2. The molecule has 40 heavy (non-hydrogen) atoms. The number of nitrogens with one attached hydrogen (secondary N) is 2. The highest BCUT2D eigenvalue weighted by Crippen LogP contribution is 2.48. The van der Waals surface area contributed by atoms with Gasteiger partial charge in [-0.2, -0.15) is 10.6 Å². The van der Waals surface area contributed by atoms with E-state index in [1.54, 1.807) is 10.8 Å². The summed E-state index contributed by atoms with van der Waals surface area (Å²) in [5.41, 5.74) is 4.01. The molecule has 2 amide bonds. The van der Waals surface area contributed by atoms with Crippen molar-refractivity contribution in [2.45, 2.75) is 43.7 Å². The number of anilines is 2. The van der Waals surface area contributed by atoms with E-state index in [1.807, 2.05) is 54.6 Å². The second-order valence-electron chi connectivity index (χ2n) is 11.0. The minimum atomic E-state index is -2.58. The third-order valence-electron chi connectivity index (χ3n) is 8.56. The number of carbonyl (C=O) groups excluding carboxylic acids is 2. The molecule has 1 fully saturated rings. The molecule has 2 aliphatic heterocycles. The number of fused-ring (bicyclic) bond motifs is 4. The van der Waals surface area contributed by atoms with Gasteiger partial charge in [-0.1, -0.05) is 24.3 Å². The van der Waals surface area contributed by atoms with Gasteiger partial charge in [-0.15, -0.1) is 0 Å². The number of para-hydroxylation sites is 2. The Morgan fingerprint density at radius 3 is 2.58 bits per heavy atom. The van der Waals surface area contributed by atoms with Crippen molar-refractivity contribution in [1.82, 2.24) is 14.1 Å². The molecule has 0 saturated carbocycles. The van der Waals surface area contributed by atoms with Crippen LogP contribution in [-0.2, 0) is 34.4 Å². The molecule has 1 aliphatic carbocycles. The lowest BCUT2D eigenvalue weighted by Crippen LogP contribution is -2.35.